The van der Waals surface area contributed by atoms with Crippen molar-refractivity contribution in [2.24, 2.45) is 0 Å². The first kappa shape index (κ1) is 35.3. The van der Waals surface area contributed by atoms with E-state index in [0.717, 1.165) is 106 Å². The molecule has 1 unspecified atom stereocenters. The maximum Gasteiger partial charge on any atom is 0.153 e. The second-order valence-corrected chi connectivity index (χ2v) is 16.2. The van der Waals surface area contributed by atoms with Crippen LogP contribution in [-0.4, -0.2) is 29.1 Å². The van der Waals surface area contributed by atoms with Gasteiger partial charge in [0.05, 0.1) is 52.1 Å². The topological polar surface area (TPSA) is 74.6 Å². The molecule has 296 valence electrons. The molecule has 1 aliphatic rings. The largest absolute Gasteiger partial charge is 0.455 e. The summed E-state index contributed by atoms with van der Waals surface area (Å²) >= 11 is 0. The van der Waals surface area contributed by atoms with E-state index in [1.807, 2.05) is 36.8 Å². The van der Waals surface area contributed by atoms with Crippen molar-refractivity contribution in [1.82, 2.24) is 29.1 Å². The maximum atomic E-state index is 6.18. The van der Waals surface area contributed by atoms with Gasteiger partial charge in [0.1, 0.15) is 16.8 Å². The summed E-state index contributed by atoms with van der Waals surface area (Å²) in [6.07, 6.45) is 10.9. The summed E-state index contributed by atoms with van der Waals surface area (Å²) in [6, 6.07) is 59.8. The van der Waals surface area contributed by atoms with Crippen molar-refractivity contribution in [2.45, 2.75) is 12.5 Å². The zero-order valence-electron chi connectivity index (χ0n) is 33.9. The molecule has 6 aromatic carbocycles. The van der Waals surface area contributed by atoms with Crippen LogP contribution in [0.3, 0.4) is 0 Å². The SMILES string of the molecule is C1=c2oc3cccnc3c2=CC(n2c3ccccc3c3ccc(-c4cncc(-c5ccc6c(c5)c5ccccc5n6-c5cc(-c6ccccc6)cc(-c6ccccc6)n5)n4)cc32)C1. The molecule has 13 rings (SSSR count). The van der Waals surface area contributed by atoms with E-state index in [-0.39, 0.29) is 6.04 Å². The molecule has 0 saturated heterocycles. The fraction of sp³-hybridized carbons (Fsp3) is 0.0357. The minimum atomic E-state index is 0.0742. The number of pyridine rings is 2. The van der Waals surface area contributed by atoms with Crippen molar-refractivity contribution in [2.75, 3.05) is 0 Å². The van der Waals surface area contributed by atoms with Crippen LogP contribution in [0.5, 0.6) is 0 Å². The van der Waals surface area contributed by atoms with Crippen LogP contribution in [0, 0.1) is 0 Å². The lowest BCUT2D eigenvalue weighted by Crippen LogP contribution is -2.27. The third-order valence-electron chi connectivity index (χ3n) is 12.6. The molecule has 0 radical (unpaired) electrons. The second-order valence-electron chi connectivity index (χ2n) is 16.2. The van der Waals surface area contributed by atoms with Gasteiger partial charge in [-0.05, 0) is 84.3 Å². The van der Waals surface area contributed by atoms with Gasteiger partial charge < -0.3 is 8.98 Å². The van der Waals surface area contributed by atoms with Crippen LogP contribution in [0.4, 0.5) is 0 Å². The minimum absolute atomic E-state index is 0.0742. The molecule has 0 bridgehead atoms. The highest BCUT2D eigenvalue weighted by atomic mass is 16.3. The Balaban J connectivity index is 0.928. The minimum Gasteiger partial charge on any atom is -0.455 e. The lowest BCUT2D eigenvalue weighted by molar-refractivity contribution is 0.564. The molecule has 1 aliphatic carbocycles. The van der Waals surface area contributed by atoms with Crippen LogP contribution in [0.15, 0.2) is 193 Å². The molecule has 0 spiro atoms. The van der Waals surface area contributed by atoms with E-state index in [1.165, 1.54) is 16.3 Å². The molecule has 0 amide bonds. The smallest absolute Gasteiger partial charge is 0.153 e. The number of hydrogen-bond acceptors (Lipinski definition) is 5. The van der Waals surface area contributed by atoms with E-state index in [1.54, 1.807) is 0 Å². The molecule has 6 heterocycles. The van der Waals surface area contributed by atoms with Crippen LogP contribution in [-0.2, 0) is 0 Å². The normalized spacial score (nSPS) is 13.7. The summed E-state index contributed by atoms with van der Waals surface area (Å²) in [5.74, 6) is 0.864. The van der Waals surface area contributed by atoms with Crippen LogP contribution < -0.4 is 10.6 Å². The van der Waals surface area contributed by atoms with Crippen LogP contribution >= 0.6 is 0 Å². The van der Waals surface area contributed by atoms with E-state index >= 15 is 0 Å². The molecule has 0 N–H and O–H groups in total. The lowest BCUT2D eigenvalue weighted by atomic mass is 10.0. The standard InChI is InChI=1S/C56H36N6O/c1-3-12-35(13-4-1)39-29-46(36-14-5-2-6-15-36)60-55(31-39)62-50-19-10-8-17-42(50)44-28-37(22-25-51(44)62)47-33-57-34-48(59-47)38-21-24-43-41-16-7-9-18-49(41)61(52(43)30-38)40-23-26-53-45(32-40)56-54(63-53)20-11-27-58-56/h1-22,24-34,40H,23H2. The Morgan fingerprint density at radius 2 is 1.17 bits per heavy atom. The predicted molar refractivity (Wildman–Crippen MR) is 255 cm³/mol. The van der Waals surface area contributed by atoms with E-state index in [4.69, 9.17) is 19.4 Å². The highest BCUT2D eigenvalue weighted by molar-refractivity contribution is 6.11. The van der Waals surface area contributed by atoms with Gasteiger partial charge in [-0.25, -0.2) is 9.97 Å². The van der Waals surface area contributed by atoms with Gasteiger partial charge in [-0.2, -0.15) is 0 Å². The zero-order valence-corrected chi connectivity index (χ0v) is 33.9. The maximum absolute atomic E-state index is 6.18. The molecular formula is C56H36N6O. The first-order chi connectivity index (χ1) is 31.2. The molecule has 1 atom stereocenters. The van der Waals surface area contributed by atoms with Gasteiger partial charge in [-0.3, -0.25) is 14.5 Å². The highest BCUT2D eigenvalue weighted by Gasteiger charge is 2.21. The van der Waals surface area contributed by atoms with Gasteiger partial charge >= 0.3 is 0 Å². The molecule has 0 aliphatic heterocycles. The Labute approximate surface area is 361 Å². The number of hydrogen-bond donors (Lipinski definition) is 0. The molecule has 63 heavy (non-hydrogen) atoms. The van der Waals surface area contributed by atoms with E-state index in [2.05, 4.69) is 178 Å². The van der Waals surface area contributed by atoms with Crippen molar-refractivity contribution in [3.63, 3.8) is 0 Å². The first-order valence-electron chi connectivity index (χ1n) is 21.3. The Morgan fingerprint density at radius 1 is 0.492 bits per heavy atom. The Bertz CT molecular complexity index is 3840. The molecule has 7 heteroatoms. The Kier molecular flexibility index (Phi) is 7.90. The Hall–Kier alpha value is -8.42. The Morgan fingerprint density at radius 3 is 2.00 bits per heavy atom. The van der Waals surface area contributed by atoms with Crippen LogP contribution in [0.2, 0.25) is 0 Å². The van der Waals surface area contributed by atoms with E-state index in [0.29, 0.717) is 0 Å². The van der Waals surface area contributed by atoms with Crippen molar-refractivity contribution in [3.8, 4) is 50.7 Å². The molecule has 7 nitrogen and oxygen atoms in total. The summed E-state index contributed by atoms with van der Waals surface area (Å²) in [7, 11) is 0. The summed E-state index contributed by atoms with van der Waals surface area (Å²) in [5.41, 5.74) is 15.0. The van der Waals surface area contributed by atoms with E-state index in [9.17, 15) is 0 Å². The number of furan rings is 1. The van der Waals surface area contributed by atoms with Crippen molar-refractivity contribution in [1.29, 1.82) is 0 Å². The number of rotatable bonds is 6. The van der Waals surface area contributed by atoms with Gasteiger partial charge in [0, 0.05) is 55.2 Å². The molecule has 12 aromatic rings. The highest BCUT2D eigenvalue weighted by Crippen LogP contribution is 2.39. The summed E-state index contributed by atoms with van der Waals surface area (Å²) in [5, 5.41) is 5.75. The van der Waals surface area contributed by atoms with Gasteiger partial charge in [0.2, 0.25) is 0 Å². The first-order valence-corrected chi connectivity index (χ1v) is 21.3. The summed E-state index contributed by atoms with van der Waals surface area (Å²) < 4.78 is 10.9. The van der Waals surface area contributed by atoms with E-state index < -0.39 is 0 Å². The number of fused-ring (bicyclic) bond motifs is 9. The van der Waals surface area contributed by atoms with Crippen molar-refractivity contribution >= 4 is 66.9 Å². The monoisotopic (exact) mass is 808 g/mol. The fourth-order valence-corrected chi connectivity index (χ4v) is 9.67. The summed E-state index contributed by atoms with van der Waals surface area (Å²) in [6.45, 7) is 0. The molecule has 0 fully saturated rings. The number of aromatic nitrogens is 6. The number of nitrogens with zero attached hydrogens (tertiary/aromatic N) is 6. The third-order valence-corrected chi connectivity index (χ3v) is 12.6. The average molecular weight is 809 g/mol. The van der Waals surface area contributed by atoms with Gasteiger partial charge in [-0.15, -0.1) is 0 Å². The van der Waals surface area contributed by atoms with Crippen LogP contribution in [0.25, 0.3) is 118 Å². The second kappa shape index (κ2) is 14.1. The summed E-state index contributed by atoms with van der Waals surface area (Å²) in [4.78, 5) is 20.1. The van der Waals surface area contributed by atoms with Gasteiger partial charge in [-0.1, -0.05) is 115 Å². The predicted octanol–water partition coefficient (Wildman–Crippen LogP) is 12.1. The average Bonchev–Trinajstić information content (AvgIpc) is 4.01. The quantitative estimate of drug-likeness (QED) is 0.167. The molecule has 0 saturated carbocycles. The van der Waals surface area contributed by atoms with Crippen molar-refractivity contribution in [3.05, 3.63) is 199 Å². The lowest BCUT2D eigenvalue weighted by Gasteiger charge is -2.18. The van der Waals surface area contributed by atoms with Gasteiger partial charge in [0.25, 0.3) is 0 Å². The van der Waals surface area contributed by atoms with Gasteiger partial charge in [0.15, 0.2) is 5.58 Å². The number of benzene rings is 6. The molecule has 6 aromatic heterocycles. The zero-order chi connectivity index (χ0) is 41.4. The fourth-order valence-electron chi connectivity index (χ4n) is 9.67. The van der Waals surface area contributed by atoms with Crippen LogP contribution in [0.1, 0.15) is 12.5 Å². The molecular weight excluding hydrogens is 773 g/mol. The number of para-hydroxylation sites is 2. The van der Waals surface area contributed by atoms with Crippen molar-refractivity contribution < 1.29 is 4.42 Å². The third kappa shape index (κ3) is 5.74.